The van der Waals surface area contributed by atoms with Crippen LogP contribution in [0.1, 0.15) is 43.1 Å². The maximum atomic E-state index is 13.4. The first-order valence-electron chi connectivity index (χ1n) is 11.6. The van der Waals surface area contributed by atoms with Crippen molar-refractivity contribution in [3.05, 3.63) is 48.0 Å². The average Bonchev–Trinajstić information content (AvgIpc) is 2.85. The van der Waals surface area contributed by atoms with E-state index < -0.39 is 0 Å². The standard InChI is InChI=1S/C25H35N5O4/c1-6-24(31)28-20-7-8-22-21(9-20)25(32)29(4)14-23(33-5)17(2)12-30(18(3)15-34-22)13-19-10-26-16-27-11-19/h7-11,16-18,23H,6,12-15H2,1-5H3,(H,28,31)/t17-,18+,23-/m1/s1. The number of rotatable bonds is 5. The highest BCUT2D eigenvalue weighted by atomic mass is 16.5. The quantitative estimate of drug-likeness (QED) is 0.719. The average molecular weight is 470 g/mol. The summed E-state index contributed by atoms with van der Waals surface area (Å²) < 4.78 is 12.0. The summed E-state index contributed by atoms with van der Waals surface area (Å²) in [6.45, 7) is 8.28. The molecule has 0 spiro atoms. The van der Waals surface area contributed by atoms with Crippen LogP contribution in [-0.4, -0.2) is 77.6 Å². The molecule has 2 aromatic rings. The van der Waals surface area contributed by atoms with Gasteiger partial charge < -0.3 is 19.7 Å². The van der Waals surface area contributed by atoms with Crippen LogP contribution in [0.2, 0.25) is 0 Å². The SMILES string of the molecule is CCC(=O)Nc1ccc2c(c1)C(=O)N(C)C[C@@H](OC)[C@H](C)CN(Cc1cncnc1)[C@@H](C)CO2. The van der Waals surface area contributed by atoms with Gasteiger partial charge in [0.05, 0.1) is 11.7 Å². The zero-order valence-corrected chi connectivity index (χ0v) is 20.7. The fourth-order valence-electron chi connectivity index (χ4n) is 4.05. The molecule has 1 aromatic carbocycles. The normalized spacial score (nSPS) is 22.2. The largest absolute Gasteiger partial charge is 0.491 e. The summed E-state index contributed by atoms with van der Waals surface area (Å²) in [6, 6.07) is 5.24. The Morgan fingerprint density at radius 2 is 1.97 bits per heavy atom. The number of carbonyl (C=O) groups excluding carboxylic acids is 2. The minimum atomic E-state index is -0.177. The molecule has 184 valence electrons. The van der Waals surface area contributed by atoms with Crippen LogP contribution >= 0.6 is 0 Å². The zero-order valence-electron chi connectivity index (χ0n) is 20.7. The van der Waals surface area contributed by atoms with Gasteiger partial charge in [0.2, 0.25) is 5.91 Å². The maximum absolute atomic E-state index is 13.4. The molecule has 0 bridgehead atoms. The predicted octanol–water partition coefficient (Wildman–Crippen LogP) is 2.83. The highest BCUT2D eigenvalue weighted by molar-refractivity contribution is 5.99. The number of benzene rings is 1. The number of nitrogens with zero attached hydrogens (tertiary/aromatic N) is 4. The summed E-state index contributed by atoms with van der Waals surface area (Å²) in [6.07, 6.45) is 5.37. The zero-order chi connectivity index (χ0) is 24.7. The molecule has 0 aliphatic carbocycles. The Bertz CT molecular complexity index is 971. The Morgan fingerprint density at radius 3 is 2.65 bits per heavy atom. The van der Waals surface area contributed by atoms with Crippen molar-refractivity contribution in [1.29, 1.82) is 0 Å². The molecule has 3 atom stereocenters. The highest BCUT2D eigenvalue weighted by Gasteiger charge is 2.28. The van der Waals surface area contributed by atoms with Gasteiger partial charge in [0.15, 0.2) is 0 Å². The van der Waals surface area contributed by atoms with E-state index in [4.69, 9.17) is 9.47 Å². The number of fused-ring (bicyclic) bond motifs is 1. The lowest BCUT2D eigenvalue weighted by molar-refractivity contribution is -0.115. The molecule has 3 rings (SSSR count). The number of carbonyl (C=O) groups is 2. The molecule has 0 radical (unpaired) electrons. The second-order valence-electron chi connectivity index (χ2n) is 8.89. The third-order valence-electron chi connectivity index (χ3n) is 6.18. The Balaban J connectivity index is 1.93. The third-order valence-corrected chi connectivity index (χ3v) is 6.18. The Morgan fingerprint density at radius 1 is 1.24 bits per heavy atom. The van der Waals surface area contributed by atoms with E-state index in [0.717, 1.165) is 12.1 Å². The summed E-state index contributed by atoms with van der Waals surface area (Å²) >= 11 is 0. The molecular formula is C25H35N5O4. The monoisotopic (exact) mass is 469 g/mol. The van der Waals surface area contributed by atoms with Gasteiger partial charge in [-0.15, -0.1) is 0 Å². The third kappa shape index (κ3) is 6.51. The minimum Gasteiger partial charge on any atom is -0.491 e. The van der Waals surface area contributed by atoms with Crippen molar-refractivity contribution in [2.45, 2.75) is 45.9 Å². The van der Waals surface area contributed by atoms with E-state index in [1.807, 2.05) is 12.4 Å². The van der Waals surface area contributed by atoms with Gasteiger partial charge in [-0.2, -0.15) is 0 Å². The first-order chi connectivity index (χ1) is 16.3. The van der Waals surface area contributed by atoms with Crippen LogP contribution in [0.25, 0.3) is 0 Å². The summed E-state index contributed by atoms with van der Waals surface area (Å²) in [4.78, 5) is 37.5. The number of methoxy groups -OCH3 is 1. The van der Waals surface area contributed by atoms with Crippen molar-refractivity contribution in [3.8, 4) is 5.75 Å². The van der Waals surface area contributed by atoms with Gasteiger partial charge in [0, 0.05) is 69.9 Å². The number of nitrogens with one attached hydrogen (secondary N) is 1. The van der Waals surface area contributed by atoms with Crippen LogP contribution < -0.4 is 10.1 Å². The van der Waals surface area contributed by atoms with Gasteiger partial charge in [-0.1, -0.05) is 13.8 Å². The number of ether oxygens (including phenoxy) is 2. The number of likely N-dealkylation sites (N-methyl/N-ethyl adjacent to an activating group) is 1. The van der Waals surface area contributed by atoms with E-state index in [9.17, 15) is 9.59 Å². The number of amides is 2. The second kappa shape index (κ2) is 11.9. The Labute approximate surface area is 201 Å². The van der Waals surface area contributed by atoms with E-state index in [0.29, 0.717) is 43.1 Å². The van der Waals surface area contributed by atoms with Crippen molar-refractivity contribution < 1.29 is 19.1 Å². The maximum Gasteiger partial charge on any atom is 0.257 e. The molecular weight excluding hydrogens is 434 g/mol. The van der Waals surface area contributed by atoms with Crippen molar-refractivity contribution in [2.24, 2.45) is 5.92 Å². The number of hydrogen-bond acceptors (Lipinski definition) is 7. The molecule has 9 nitrogen and oxygen atoms in total. The molecule has 1 aliphatic rings. The highest BCUT2D eigenvalue weighted by Crippen LogP contribution is 2.27. The fourth-order valence-corrected chi connectivity index (χ4v) is 4.05. The van der Waals surface area contributed by atoms with Gasteiger partial charge in [0.25, 0.3) is 5.91 Å². The van der Waals surface area contributed by atoms with Gasteiger partial charge in [-0.25, -0.2) is 9.97 Å². The molecule has 0 saturated carbocycles. The molecule has 9 heteroatoms. The fraction of sp³-hybridized carbons (Fsp3) is 0.520. The van der Waals surface area contributed by atoms with E-state index in [2.05, 4.69) is 34.0 Å². The van der Waals surface area contributed by atoms with Crippen LogP contribution in [-0.2, 0) is 16.1 Å². The van der Waals surface area contributed by atoms with Crippen LogP contribution in [0.4, 0.5) is 5.69 Å². The van der Waals surface area contributed by atoms with Gasteiger partial charge in [-0.05, 0) is 31.0 Å². The van der Waals surface area contributed by atoms with Crippen molar-refractivity contribution in [2.75, 3.05) is 39.2 Å². The number of hydrogen-bond donors (Lipinski definition) is 1. The summed E-state index contributed by atoms with van der Waals surface area (Å²) in [5.74, 6) is 0.353. The number of anilines is 1. The minimum absolute atomic E-state index is 0.0553. The van der Waals surface area contributed by atoms with E-state index in [1.54, 1.807) is 44.2 Å². The van der Waals surface area contributed by atoms with Crippen LogP contribution in [0.15, 0.2) is 36.9 Å². The molecule has 2 amide bonds. The van der Waals surface area contributed by atoms with Gasteiger partial charge in [0.1, 0.15) is 18.7 Å². The molecule has 0 fully saturated rings. The van der Waals surface area contributed by atoms with Gasteiger partial charge >= 0.3 is 0 Å². The van der Waals surface area contributed by atoms with E-state index in [1.165, 1.54) is 6.33 Å². The molecule has 2 heterocycles. The topological polar surface area (TPSA) is 96.9 Å². The van der Waals surface area contributed by atoms with Crippen LogP contribution in [0, 0.1) is 5.92 Å². The lowest BCUT2D eigenvalue weighted by Crippen LogP contribution is -2.46. The molecule has 1 aliphatic heterocycles. The lowest BCUT2D eigenvalue weighted by Gasteiger charge is -2.36. The predicted molar refractivity (Wildman–Crippen MR) is 130 cm³/mol. The lowest BCUT2D eigenvalue weighted by atomic mass is 10.0. The van der Waals surface area contributed by atoms with Crippen molar-refractivity contribution >= 4 is 17.5 Å². The summed E-state index contributed by atoms with van der Waals surface area (Å²) in [5, 5.41) is 2.82. The van der Waals surface area contributed by atoms with Gasteiger partial charge in [-0.3, -0.25) is 14.5 Å². The van der Waals surface area contributed by atoms with Crippen molar-refractivity contribution in [3.63, 3.8) is 0 Å². The first kappa shape index (κ1) is 25.6. The smallest absolute Gasteiger partial charge is 0.257 e. The van der Waals surface area contributed by atoms with Crippen LogP contribution in [0.5, 0.6) is 5.75 Å². The van der Waals surface area contributed by atoms with E-state index in [-0.39, 0.29) is 29.9 Å². The Kier molecular flexibility index (Phi) is 8.95. The molecule has 0 saturated heterocycles. The first-order valence-corrected chi connectivity index (χ1v) is 11.6. The second-order valence-corrected chi connectivity index (χ2v) is 8.89. The molecule has 34 heavy (non-hydrogen) atoms. The molecule has 1 N–H and O–H groups in total. The number of aromatic nitrogens is 2. The van der Waals surface area contributed by atoms with Crippen LogP contribution in [0.3, 0.4) is 0 Å². The summed E-state index contributed by atoms with van der Waals surface area (Å²) in [5.41, 5.74) is 2.00. The summed E-state index contributed by atoms with van der Waals surface area (Å²) in [7, 11) is 3.44. The van der Waals surface area contributed by atoms with Crippen molar-refractivity contribution in [1.82, 2.24) is 19.8 Å². The Hall–Kier alpha value is -3.04. The van der Waals surface area contributed by atoms with E-state index >= 15 is 0 Å². The molecule has 0 unspecified atom stereocenters. The molecule has 1 aromatic heterocycles.